The van der Waals surface area contributed by atoms with Crippen LogP contribution in [-0.2, 0) is 4.79 Å². The van der Waals surface area contributed by atoms with Gasteiger partial charge in [-0.05, 0) is 34.1 Å². The molecule has 5 nitrogen and oxygen atoms in total. The van der Waals surface area contributed by atoms with Crippen molar-refractivity contribution >= 4 is 11.9 Å². The molecule has 1 amide bonds. The number of hydrogen-bond donors (Lipinski definition) is 3. The zero-order chi connectivity index (χ0) is 14.0. The predicted molar refractivity (Wildman–Crippen MR) is 76.7 cm³/mol. The van der Waals surface area contributed by atoms with E-state index in [1.54, 1.807) is 7.05 Å². The van der Waals surface area contributed by atoms with Crippen LogP contribution in [0.5, 0.6) is 0 Å². The quantitative estimate of drug-likeness (QED) is 0.297. The summed E-state index contributed by atoms with van der Waals surface area (Å²) < 4.78 is 0. The molecule has 0 atom stereocenters. The largest absolute Gasteiger partial charge is 0.356 e. The number of carbonyl (C=O) groups excluding carboxylic acids is 1. The van der Waals surface area contributed by atoms with Gasteiger partial charge in [-0.1, -0.05) is 12.2 Å². The Balaban J connectivity index is 3.91. The summed E-state index contributed by atoms with van der Waals surface area (Å²) in [5.74, 6) is 0.600. The van der Waals surface area contributed by atoms with Crippen molar-refractivity contribution in [2.45, 2.75) is 39.7 Å². The summed E-state index contributed by atoms with van der Waals surface area (Å²) >= 11 is 0. The maximum absolute atomic E-state index is 11.6. The highest BCUT2D eigenvalue weighted by Gasteiger charge is 2.13. The Bertz CT molecular complexity index is 303. The smallest absolute Gasteiger partial charge is 0.239 e. The minimum Gasteiger partial charge on any atom is -0.356 e. The standard InChI is InChI=1S/C13H26N4O/c1-6-7-8-9-15-12(14-5)16-10-11(18)17-13(2,3)4/h6-7H,8-10H2,1-5H3,(H,17,18)(H2,14,15,16). The zero-order valence-corrected chi connectivity index (χ0v) is 12.1. The molecule has 0 saturated heterocycles. The Hall–Kier alpha value is -1.52. The van der Waals surface area contributed by atoms with Gasteiger partial charge in [-0.2, -0.15) is 0 Å². The van der Waals surface area contributed by atoms with Crippen LogP contribution in [-0.4, -0.2) is 37.5 Å². The third kappa shape index (κ3) is 9.69. The minimum atomic E-state index is -0.207. The summed E-state index contributed by atoms with van der Waals surface area (Å²) in [4.78, 5) is 15.6. The van der Waals surface area contributed by atoms with Gasteiger partial charge in [0.25, 0.3) is 0 Å². The SMILES string of the molecule is CC=CCCNC(=NC)NCC(=O)NC(C)(C)C. The van der Waals surface area contributed by atoms with Gasteiger partial charge in [0.05, 0.1) is 6.54 Å². The molecule has 0 aliphatic heterocycles. The molecule has 0 unspecified atom stereocenters. The lowest BCUT2D eigenvalue weighted by Crippen LogP contribution is -2.48. The lowest BCUT2D eigenvalue weighted by atomic mass is 10.1. The van der Waals surface area contributed by atoms with Crippen molar-refractivity contribution in [1.82, 2.24) is 16.0 Å². The number of carbonyl (C=O) groups is 1. The Labute approximate surface area is 110 Å². The summed E-state index contributed by atoms with van der Waals surface area (Å²) in [5, 5.41) is 8.98. The van der Waals surface area contributed by atoms with Crippen molar-refractivity contribution in [3.8, 4) is 0 Å². The molecule has 0 aliphatic rings. The molecular weight excluding hydrogens is 228 g/mol. The first-order valence-electron chi connectivity index (χ1n) is 6.25. The van der Waals surface area contributed by atoms with E-state index in [9.17, 15) is 4.79 Å². The van der Waals surface area contributed by atoms with Gasteiger partial charge in [-0.15, -0.1) is 0 Å². The summed E-state index contributed by atoms with van der Waals surface area (Å²) in [7, 11) is 1.69. The second-order valence-electron chi connectivity index (χ2n) is 5.01. The van der Waals surface area contributed by atoms with Crippen LogP contribution in [0.15, 0.2) is 17.1 Å². The highest BCUT2D eigenvalue weighted by atomic mass is 16.2. The van der Waals surface area contributed by atoms with Crippen LogP contribution in [0.1, 0.15) is 34.1 Å². The molecule has 0 aliphatic carbocycles. The number of nitrogens with zero attached hydrogens (tertiary/aromatic N) is 1. The Morgan fingerprint density at radius 1 is 1.28 bits per heavy atom. The number of hydrogen-bond acceptors (Lipinski definition) is 2. The van der Waals surface area contributed by atoms with Gasteiger partial charge >= 0.3 is 0 Å². The molecule has 0 aromatic carbocycles. The molecule has 18 heavy (non-hydrogen) atoms. The van der Waals surface area contributed by atoms with E-state index < -0.39 is 0 Å². The van der Waals surface area contributed by atoms with Gasteiger partial charge in [-0.25, -0.2) is 0 Å². The molecule has 0 radical (unpaired) electrons. The highest BCUT2D eigenvalue weighted by Crippen LogP contribution is 1.96. The third-order valence-corrected chi connectivity index (χ3v) is 1.99. The Kier molecular flexibility index (Phi) is 7.83. The van der Waals surface area contributed by atoms with Crippen LogP contribution < -0.4 is 16.0 Å². The van der Waals surface area contributed by atoms with E-state index in [-0.39, 0.29) is 18.0 Å². The second-order valence-corrected chi connectivity index (χ2v) is 5.01. The number of rotatable bonds is 5. The van der Waals surface area contributed by atoms with E-state index in [2.05, 4.69) is 27.0 Å². The molecule has 0 heterocycles. The van der Waals surface area contributed by atoms with Crippen molar-refractivity contribution in [3.63, 3.8) is 0 Å². The molecule has 3 N–H and O–H groups in total. The predicted octanol–water partition coefficient (Wildman–Crippen LogP) is 1.03. The van der Waals surface area contributed by atoms with Crippen LogP contribution in [0, 0.1) is 0 Å². The van der Waals surface area contributed by atoms with Crippen molar-refractivity contribution in [2.75, 3.05) is 20.1 Å². The average molecular weight is 254 g/mol. The molecule has 0 aromatic heterocycles. The number of allylic oxidation sites excluding steroid dienone is 1. The maximum atomic E-state index is 11.6. The van der Waals surface area contributed by atoms with Gasteiger partial charge in [0.1, 0.15) is 0 Å². The van der Waals surface area contributed by atoms with Crippen molar-refractivity contribution in [3.05, 3.63) is 12.2 Å². The van der Waals surface area contributed by atoms with Crippen LogP contribution in [0.25, 0.3) is 0 Å². The molecule has 0 aromatic rings. The fourth-order valence-corrected chi connectivity index (χ4v) is 1.29. The molecule has 0 bridgehead atoms. The fraction of sp³-hybridized carbons (Fsp3) is 0.692. The fourth-order valence-electron chi connectivity index (χ4n) is 1.29. The highest BCUT2D eigenvalue weighted by molar-refractivity contribution is 5.86. The molecule has 0 saturated carbocycles. The van der Waals surface area contributed by atoms with Gasteiger partial charge in [0, 0.05) is 19.1 Å². The molecular formula is C13H26N4O. The average Bonchev–Trinajstić information content (AvgIpc) is 2.26. The monoisotopic (exact) mass is 254 g/mol. The van der Waals surface area contributed by atoms with Crippen molar-refractivity contribution in [1.29, 1.82) is 0 Å². The zero-order valence-electron chi connectivity index (χ0n) is 12.1. The van der Waals surface area contributed by atoms with E-state index in [0.29, 0.717) is 5.96 Å². The molecule has 5 heteroatoms. The van der Waals surface area contributed by atoms with E-state index in [0.717, 1.165) is 13.0 Å². The third-order valence-electron chi connectivity index (χ3n) is 1.99. The van der Waals surface area contributed by atoms with Gasteiger partial charge < -0.3 is 16.0 Å². The van der Waals surface area contributed by atoms with Gasteiger partial charge in [-0.3, -0.25) is 9.79 Å². The van der Waals surface area contributed by atoms with Gasteiger partial charge in [0.15, 0.2) is 5.96 Å². The summed E-state index contributed by atoms with van der Waals surface area (Å²) in [5.41, 5.74) is -0.207. The lowest BCUT2D eigenvalue weighted by Gasteiger charge is -2.21. The number of guanidine groups is 1. The normalized spacial score (nSPS) is 12.6. The van der Waals surface area contributed by atoms with Crippen LogP contribution >= 0.6 is 0 Å². The summed E-state index contributed by atoms with van der Waals surface area (Å²) in [6.45, 7) is 8.87. The van der Waals surface area contributed by atoms with Crippen molar-refractivity contribution < 1.29 is 4.79 Å². The maximum Gasteiger partial charge on any atom is 0.239 e. The molecule has 0 rings (SSSR count). The first-order valence-corrected chi connectivity index (χ1v) is 6.25. The first-order chi connectivity index (χ1) is 8.39. The lowest BCUT2D eigenvalue weighted by molar-refractivity contribution is -0.121. The van der Waals surface area contributed by atoms with E-state index >= 15 is 0 Å². The first kappa shape index (κ1) is 16.5. The number of amides is 1. The Morgan fingerprint density at radius 3 is 2.44 bits per heavy atom. The summed E-state index contributed by atoms with van der Waals surface area (Å²) in [6.07, 6.45) is 5.02. The minimum absolute atomic E-state index is 0.0427. The van der Waals surface area contributed by atoms with Crippen molar-refractivity contribution in [2.24, 2.45) is 4.99 Å². The van der Waals surface area contributed by atoms with Crippen LogP contribution in [0.2, 0.25) is 0 Å². The second kappa shape index (κ2) is 8.55. The molecule has 0 fully saturated rings. The van der Waals surface area contributed by atoms with E-state index in [4.69, 9.17) is 0 Å². The number of aliphatic imine (C=N–C) groups is 1. The van der Waals surface area contributed by atoms with Crippen LogP contribution in [0.4, 0.5) is 0 Å². The topological polar surface area (TPSA) is 65.5 Å². The molecule has 104 valence electrons. The van der Waals surface area contributed by atoms with E-state index in [1.165, 1.54) is 0 Å². The van der Waals surface area contributed by atoms with Crippen LogP contribution in [0.3, 0.4) is 0 Å². The number of nitrogens with one attached hydrogen (secondary N) is 3. The molecule has 0 spiro atoms. The summed E-state index contributed by atoms with van der Waals surface area (Å²) in [6, 6.07) is 0. The van der Waals surface area contributed by atoms with Gasteiger partial charge in [0.2, 0.25) is 5.91 Å². The van der Waals surface area contributed by atoms with E-state index in [1.807, 2.05) is 33.8 Å². The Morgan fingerprint density at radius 2 is 1.94 bits per heavy atom.